The number of nitrogens with zero attached hydrogens (tertiary/aromatic N) is 4. The maximum atomic E-state index is 4.94. The van der Waals surface area contributed by atoms with Crippen LogP contribution in [0.1, 0.15) is 22.3 Å². The van der Waals surface area contributed by atoms with Crippen LogP contribution in [-0.2, 0) is 0 Å². The molecule has 0 aromatic heterocycles. The van der Waals surface area contributed by atoms with E-state index in [0.717, 1.165) is 67.3 Å². The highest BCUT2D eigenvalue weighted by atomic mass is 14.7. The van der Waals surface area contributed by atoms with E-state index >= 15 is 0 Å². The summed E-state index contributed by atoms with van der Waals surface area (Å²) in [6, 6.07) is 182. The molecule has 4 heteroatoms. The predicted molar refractivity (Wildman–Crippen MR) is 580 cm³/mol. The van der Waals surface area contributed by atoms with Crippen molar-refractivity contribution in [2.24, 2.45) is 20.0 Å². The van der Waals surface area contributed by atoms with E-state index in [-0.39, 0.29) is 0 Å². The molecule has 636 valence electrons. The Morgan fingerprint density at radius 3 is 0.346 bits per heavy atom. The summed E-state index contributed by atoms with van der Waals surface area (Å²) in [6.45, 7) is 0. The Morgan fingerprint density at radius 2 is 0.221 bits per heavy atom. The molecular formula is C132H88N4. The first-order chi connectivity index (χ1) is 67.3. The van der Waals surface area contributed by atoms with Crippen LogP contribution in [0.4, 0.5) is 22.7 Å². The lowest BCUT2D eigenvalue weighted by Gasteiger charge is -2.12. The van der Waals surface area contributed by atoms with E-state index in [1.165, 1.54) is 176 Å². The average Bonchev–Trinajstić information content (AvgIpc) is 0.740. The molecular weight excluding hydrogens is 1640 g/mol. The minimum absolute atomic E-state index is 0.914. The van der Waals surface area contributed by atoms with E-state index in [4.69, 9.17) is 20.0 Å². The minimum Gasteiger partial charge on any atom is -0.256 e. The van der Waals surface area contributed by atoms with Crippen molar-refractivity contribution in [1.82, 2.24) is 0 Å². The van der Waals surface area contributed by atoms with Crippen molar-refractivity contribution < 1.29 is 0 Å². The zero-order valence-corrected chi connectivity index (χ0v) is 74.6. The molecule has 0 unspecified atom stereocenters. The SMILES string of the molecule is C(=Nc1ccc(-c2cc(-c3ccccc3)cc(-c3ccccc3)c2)cc1)c1cc2ccc3cc(C=Nc4ccc(-c5cc(-c6ccccc6)cc(-c6ccccc6)c5)cc4)cc4ccc(c1)c2c34.C(=Nc1ccc(-c2cc(-c3ccccc3)cc(-c3ccccc3)c2)cc1)c1cc2ccc3cc(C=Nc4ccc(-c5cc(-c6ccccc6)cc(-c6ccccc6)c5)cc4)cc4ccc(c1)c2c34. The van der Waals surface area contributed by atoms with Gasteiger partial charge in [0.1, 0.15) is 0 Å². The van der Waals surface area contributed by atoms with Gasteiger partial charge < -0.3 is 0 Å². The standard InChI is InChI=1S/2C66H44N2/c2*1-5-13-47(14-6-1)57-37-58(48-15-7-2-8-16-48)40-61(39-57)51-25-29-63(30-26-51)67-43-45-33-53-21-23-55-35-46(36-56-24-22-54(34-45)65(53)66(55)56)44-68-64-31-27-52(28-32-64)62-41-59(49-17-9-3-10-18-49)38-60(42-62)50-19-11-4-12-20-50/h2*1-44H. The summed E-state index contributed by atoms with van der Waals surface area (Å²) in [4.78, 5) is 19.8. The third kappa shape index (κ3) is 17.8. The third-order valence-corrected chi connectivity index (χ3v) is 26.0. The largest absolute Gasteiger partial charge is 0.256 e. The van der Waals surface area contributed by atoms with Crippen LogP contribution in [0.25, 0.3) is 198 Å². The molecule has 0 amide bonds. The second-order valence-electron chi connectivity index (χ2n) is 35.0. The molecule has 0 saturated heterocycles. The highest BCUT2D eigenvalue weighted by molar-refractivity contribution is 6.26. The lowest BCUT2D eigenvalue weighted by molar-refractivity contribution is 1.51. The van der Waals surface area contributed by atoms with Crippen LogP contribution in [0.3, 0.4) is 0 Å². The maximum Gasteiger partial charge on any atom is 0.0630 e. The number of hydrogen-bond acceptors (Lipinski definition) is 4. The van der Waals surface area contributed by atoms with Gasteiger partial charge in [0.15, 0.2) is 0 Å². The van der Waals surface area contributed by atoms with Crippen molar-refractivity contribution in [3.63, 3.8) is 0 Å². The Hall–Kier alpha value is -18.0. The van der Waals surface area contributed by atoms with Gasteiger partial charge >= 0.3 is 0 Å². The van der Waals surface area contributed by atoms with Crippen molar-refractivity contribution in [2.45, 2.75) is 0 Å². The molecule has 0 fully saturated rings. The lowest BCUT2D eigenvalue weighted by Crippen LogP contribution is -1.90. The molecule has 0 bridgehead atoms. The Morgan fingerprint density at radius 1 is 0.103 bits per heavy atom. The highest BCUT2D eigenvalue weighted by Crippen LogP contribution is 2.43. The quantitative estimate of drug-likeness (QED) is 0.0539. The first-order valence-electron chi connectivity index (χ1n) is 46.3. The molecule has 24 rings (SSSR count). The molecule has 0 aliphatic heterocycles. The third-order valence-electron chi connectivity index (χ3n) is 26.0. The molecule has 4 nitrogen and oxygen atoms in total. The van der Waals surface area contributed by atoms with Crippen molar-refractivity contribution >= 4 is 112 Å². The topological polar surface area (TPSA) is 49.4 Å². The van der Waals surface area contributed by atoms with Gasteiger partial charge in [-0.25, -0.2) is 0 Å². The van der Waals surface area contributed by atoms with Gasteiger partial charge in [0.05, 0.1) is 22.7 Å². The second-order valence-corrected chi connectivity index (χ2v) is 35.0. The number of benzene rings is 24. The monoisotopic (exact) mass is 1730 g/mol. The Bertz CT molecular complexity index is 7200. The van der Waals surface area contributed by atoms with Crippen LogP contribution in [0.15, 0.2) is 530 Å². The first kappa shape index (κ1) is 82.5. The first-order valence-corrected chi connectivity index (χ1v) is 46.3. The zero-order valence-electron chi connectivity index (χ0n) is 74.6. The van der Waals surface area contributed by atoms with Crippen molar-refractivity contribution in [1.29, 1.82) is 0 Å². The van der Waals surface area contributed by atoms with E-state index in [2.05, 4.69) is 510 Å². The summed E-state index contributed by atoms with van der Waals surface area (Å²) < 4.78 is 0. The molecule has 0 heterocycles. The van der Waals surface area contributed by atoms with Crippen LogP contribution < -0.4 is 0 Å². The fourth-order valence-corrected chi connectivity index (χ4v) is 19.2. The normalized spacial score (nSPS) is 11.7. The van der Waals surface area contributed by atoms with Gasteiger partial charge in [0.25, 0.3) is 0 Å². The fraction of sp³-hybridized carbons (Fsp3) is 0. The smallest absolute Gasteiger partial charge is 0.0630 e. The summed E-state index contributed by atoms with van der Waals surface area (Å²) >= 11 is 0. The van der Waals surface area contributed by atoms with Gasteiger partial charge in [0.2, 0.25) is 0 Å². The van der Waals surface area contributed by atoms with Crippen LogP contribution in [0.2, 0.25) is 0 Å². The molecule has 0 spiro atoms. The summed E-state index contributed by atoms with van der Waals surface area (Å²) in [5, 5.41) is 14.8. The molecule has 136 heavy (non-hydrogen) atoms. The summed E-state index contributed by atoms with van der Waals surface area (Å²) in [5.74, 6) is 0. The number of aliphatic imine (C=N–C) groups is 4. The van der Waals surface area contributed by atoms with Gasteiger partial charge in [-0.15, -0.1) is 0 Å². The molecule has 0 aliphatic carbocycles. The second kappa shape index (κ2) is 37.1. The van der Waals surface area contributed by atoms with E-state index in [0.29, 0.717) is 0 Å². The Labute approximate surface area is 791 Å². The molecule has 24 aromatic rings. The van der Waals surface area contributed by atoms with E-state index in [1.807, 2.05) is 24.9 Å². The maximum absolute atomic E-state index is 4.94. The molecule has 0 aliphatic rings. The zero-order chi connectivity index (χ0) is 90.5. The number of rotatable bonds is 20. The predicted octanol–water partition coefficient (Wildman–Crippen LogP) is 36.2. The molecule has 24 aromatic carbocycles. The minimum atomic E-state index is 0.914. The summed E-state index contributed by atoms with van der Waals surface area (Å²) in [7, 11) is 0. The molecule has 0 radical (unpaired) electrons. The van der Waals surface area contributed by atoms with E-state index in [9.17, 15) is 0 Å². The lowest BCUT2D eigenvalue weighted by atomic mass is 9.92. The fourth-order valence-electron chi connectivity index (χ4n) is 19.2. The summed E-state index contributed by atoms with van der Waals surface area (Å²) in [6.07, 6.45) is 7.94. The van der Waals surface area contributed by atoms with Crippen LogP contribution in [0.5, 0.6) is 0 Å². The number of hydrogen-bond donors (Lipinski definition) is 0. The van der Waals surface area contributed by atoms with Crippen LogP contribution in [0, 0.1) is 0 Å². The van der Waals surface area contributed by atoms with E-state index < -0.39 is 0 Å². The molecule has 0 atom stereocenters. The van der Waals surface area contributed by atoms with Crippen molar-refractivity contribution in [3.8, 4) is 134 Å². The van der Waals surface area contributed by atoms with Gasteiger partial charge in [-0.1, -0.05) is 340 Å². The summed E-state index contributed by atoms with van der Waals surface area (Å²) in [5.41, 5.74) is 36.5. The van der Waals surface area contributed by atoms with Gasteiger partial charge in [0, 0.05) is 24.9 Å². The highest BCUT2D eigenvalue weighted by Gasteiger charge is 2.18. The van der Waals surface area contributed by atoms with Gasteiger partial charge in [-0.2, -0.15) is 0 Å². The van der Waals surface area contributed by atoms with E-state index in [1.54, 1.807) is 0 Å². The molecule has 0 saturated carbocycles. The Kier molecular flexibility index (Phi) is 22.5. The van der Waals surface area contributed by atoms with Gasteiger partial charge in [-0.3, -0.25) is 20.0 Å². The van der Waals surface area contributed by atoms with Crippen LogP contribution >= 0.6 is 0 Å². The van der Waals surface area contributed by atoms with Crippen LogP contribution in [-0.4, -0.2) is 24.9 Å². The van der Waals surface area contributed by atoms with Crippen molar-refractivity contribution in [3.05, 3.63) is 532 Å². The van der Waals surface area contributed by atoms with Crippen molar-refractivity contribution in [2.75, 3.05) is 0 Å². The Balaban J connectivity index is 0.000000153. The molecule has 0 N–H and O–H groups in total. The average molecular weight is 1730 g/mol. The van der Waals surface area contributed by atoms with Gasteiger partial charge in [-0.05, 0) is 390 Å².